The van der Waals surface area contributed by atoms with Crippen LogP contribution in [0.1, 0.15) is 11.1 Å². The van der Waals surface area contributed by atoms with E-state index in [1.54, 1.807) is 29.3 Å². The van der Waals surface area contributed by atoms with Gasteiger partial charge in [-0.1, -0.05) is 11.6 Å². The number of hydrogen-bond donors (Lipinski definition) is 0. The fourth-order valence-electron chi connectivity index (χ4n) is 3.66. The molecule has 0 fully saturated rings. The topological polar surface area (TPSA) is 56.1 Å². The minimum absolute atomic E-state index is 0.228. The first-order chi connectivity index (χ1) is 14.6. The molecule has 3 heterocycles. The summed E-state index contributed by atoms with van der Waals surface area (Å²) in [6, 6.07) is 8.42. The maximum absolute atomic E-state index is 13.5. The molecule has 9 heteroatoms. The summed E-state index contributed by atoms with van der Waals surface area (Å²) in [4.78, 5) is 10.3. The van der Waals surface area contributed by atoms with Crippen molar-refractivity contribution in [2.24, 2.45) is 0 Å². The van der Waals surface area contributed by atoms with Crippen LogP contribution >= 0.6 is 23.2 Å². The molecule has 1 aliphatic heterocycles. The first-order valence-corrected chi connectivity index (χ1v) is 10.1. The second-order valence-corrected chi connectivity index (χ2v) is 7.84. The van der Waals surface area contributed by atoms with E-state index in [1.165, 1.54) is 12.1 Å². The van der Waals surface area contributed by atoms with Crippen LogP contribution in [-0.2, 0) is 13.1 Å². The van der Waals surface area contributed by atoms with Gasteiger partial charge in [-0.15, -0.1) is 0 Å². The van der Waals surface area contributed by atoms with Crippen LogP contribution in [0, 0.1) is 5.82 Å². The van der Waals surface area contributed by atoms with Crippen LogP contribution in [-0.4, -0.2) is 37.8 Å². The quantitative estimate of drug-likeness (QED) is 0.431. The summed E-state index contributed by atoms with van der Waals surface area (Å²) in [6.07, 6.45) is 5.09. The molecule has 0 saturated carbocycles. The van der Waals surface area contributed by atoms with Crippen molar-refractivity contribution in [2.45, 2.75) is 13.1 Å². The lowest BCUT2D eigenvalue weighted by Gasteiger charge is -2.19. The summed E-state index contributed by atoms with van der Waals surface area (Å²) >= 11 is 12.3. The maximum Gasteiger partial charge on any atom is 0.222 e. The van der Waals surface area contributed by atoms with Crippen LogP contribution in [0.3, 0.4) is 0 Å². The Morgan fingerprint density at radius 1 is 1.07 bits per heavy atom. The molecule has 152 valence electrons. The van der Waals surface area contributed by atoms with Gasteiger partial charge >= 0.3 is 0 Å². The fraction of sp³-hybridized carbons (Fsp3) is 0.190. The van der Waals surface area contributed by atoms with Gasteiger partial charge in [0.15, 0.2) is 0 Å². The van der Waals surface area contributed by atoms with Gasteiger partial charge in [0, 0.05) is 48.5 Å². The highest BCUT2D eigenvalue weighted by atomic mass is 35.5. The van der Waals surface area contributed by atoms with Crippen molar-refractivity contribution in [3.05, 3.63) is 76.2 Å². The van der Waals surface area contributed by atoms with Crippen LogP contribution in [0.4, 0.5) is 4.39 Å². The lowest BCUT2D eigenvalue weighted by molar-refractivity contribution is 0.219. The highest BCUT2D eigenvalue weighted by Crippen LogP contribution is 2.35. The van der Waals surface area contributed by atoms with E-state index in [-0.39, 0.29) is 11.1 Å². The van der Waals surface area contributed by atoms with Gasteiger partial charge in [-0.05, 0) is 41.9 Å². The molecule has 0 N–H and O–H groups in total. The molecule has 2 aromatic carbocycles. The number of hydrogen-bond acceptors (Lipinski definition) is 5. The van der Waals surface area contributed by atoms with Crippen molar-refractivity contribution in [2.75, 3.05) is 13.2 Å². The van der Waals surface area contributed by atoms with Gasteiger partial charge in [-0.3, -0.25) is 4.90 Å². The summed E-state index contributed by atoms with van der Waals surface area (Å²) in [5.74, 6) is 0.384. The Morgan fingerprint density at radius 2 is 1.90 bits per heavy atom. The Kier molecular flexibility index (Phi) is 5.02. The first-order valence-electron chi connectivity index (χ1n) is 9.34. The molecule has 0 radical (unpaired) electrons. The zero-order chi connectivity index (χ0) is 20.7. The third kappa shape index (κ3) is 3.71. The number of aromatic nitrogens is 4. The summed E-state index contributed by atoms with van der Waals surface area (Å²) in [6.45, 7) is 2.54. The molecule has 30 heavy (non-hydrogen) atoms. The normalized spacial score (nSPS) is 14.4. The molecule has 6 nitrogen and oxygen atoms in total. The van der Waals surface area contributed by atoms with Crippen LogP contribution in [0.25, 0.3) is 16.6 Å². The van der Waals surface area contributed by atoms with Gasteiger partial charge in [0.05, 0.1) is 22.4 Å². The Balaban J connectivity index is 1.49. The third-order valence-electron chi connectivity index (χ3n) is 5.01. The Labute approximate surface area is 181 Å². The molecule has 0 bridgehead atoms. The standard InChI is InChI=1S/C21H16Cl2FN5O/c22-18-7-17(29-19-2-1-16(24)5-14(19)10-27-29)6-15-12-28(3-4-30-20(15)18)11-13-8-25-21(23)26-9-13/h1-2,5-10H,3-4,11-12H2. The van der Waals surface area contributed by atoms with E-state index < -0.39 is 0 Å². The lowest BCUT2D eigenvalue weighted by Crippen LogP contribution is -2.25. The van der Waals surface area contributed by atoms with Gasteiger partial charge in [0.1, 0.15) is 18.2 Å². The largest absolute Gasteiger partial charge is 0.490 e. The van der Waals surface area contributed by atoms with E-state index in [0.29, 0.717) is 30.5 Å². The molecule has 1 aliphatic rings. The second kappa shape index (κ2) is 7.83. The van der Waals surface area contributed by atoms with Crippen molar-refractivity contribution in [3.8, 4) is 11.4 Å². The zero-order valence-corrected chi connectivity index (χ0v) is 17.2. The average molecular weight is 444 g/mol. The zero-order valence-electron chi connectivity index (χ0n) is 15.7. The van der Waals surface area contributed by atoms with E-state index in [4.69, 9.17) is 27.9 Å². The predicted octanol–water partition coefficient (Wildman–Crippen LogP) is 4.66. The lowest BCUT2D eigenvalue weighted by atomic mass is 10.1. The van der Waals surface area contributed by atoms with E-state index in [2.05, 4.69) is 20.0 Å². The van der Waals surface area contributed by atoms with E-state index >= 15 is 0 Å². The molecule has 0 spiro atoms. The number of ether oxygens (including phenoxy) is 1. The van der Waals surface area contributed by atoms with Gasteiger partial charge in [0.2, 0.25) is 5.28 Å². The Morgan fingerprint density at radius 3 is 2.73 bits per heavy atom. The Hall–Kier alpha value is -2.74. The monoisotopic (exact) mass is 443 g/mol. The molecule has 5 rings (SSSR count). The maximum atomic E-state index is 13.5. The van der Waals surface area contributed by atoms with Gasteiger partial charge in [-0.2, -0.15) is 5.10 Å². The molecular formula is C21H16Cl2FN5O. The SMILES string of the molecule is Fc1ccc2c(cnn2-c2cc(Cl)c3c(c2)CN(Cc2cnc(Cl)nc2)CCO3)c1. The highest BCUT2D eigenvalue weighted by molar-refractivity contribution is 6.32. The van der Waals surface area contributed by atoms with Gasteiger partial charge in [-0.25, -0.2) is 19.0 Å². The minimum Gasteiger partial charge on any atom is -0.490 e. The number of benzene rings is 2. The minimum atomic E-state index is -0.294. The van der Waals surface area contributed by atoms with Crippen LogP contribution in [0.15, 0.2) is 48.9 Å². The van der Waals surface area contributed by atoms with Crippen molar-refractivity contribution in [3.63, 3.8) is 0 Å². The number of halogens is 3. The summed E-state index contributed by atoms with van der Waals surface area (Å²) in [5.41, 5.74) is 3.51. The third-order valence-corrected chi connectivity index (χ3v) is 5.48. The van der Waals surface area contributed by atoms with Crippen LogP contribution in [0.2, 0.25) is 10.3 Å². The van der Waals surface area contributed by atoms with E-state index in [0.717, 1.165) is 34.3 Å². The van der Waals surface area contributed by atoms with Crippen molar-refractivity contribution < 1.29 is 9.13 Å². The molecule has 0 unspecified atom stereocenters. The molecule has 0 atom stereocenters. The molecule has 2 aromatic heterocycles. The molecule has 0 amide bonds. The summed E-state index contributed by atoms with van der Waals surface area (Å²) in [5, 5.41) is 5.89. The second-order valence-electron chi connectivity index (χ2n) is 7.09. The van der Waals surface area contributed by atoms with E-state index in [1.807, 2.05) is 12.1 Å². The number of rotatable bonds is 3. The molecule has 0 saturated heterocycles. The van der Waals surface area contributed by atoms with Crippen LogP contribution in [0.5, 0.6) is 5.75 Å². The van der Waals surface area contributed by atoms with Crippen molar-refractivity contribution in [1.29, 1.82) is 0 Å². The highest BCUT2D eigenvalue weighted by Gasteiger charge is 2.20. The number of nitrogens with zero attached hydrogens (tertiary/aromatic N) is 5. The van der Waals surface area contributed by atoms with Crippen molar-refractivity contribution >= 4 is 34.1 Å². The van der Waals surface area contributed by atoms with Gasteiger partial charge in [0.25, 0.3) is 0 Å². The predicted molar refractivity (Wildman–Crippen MR) is 113 cm³/mol. The molecule has 4 aromatic rings. The molecular weight excluding hydrogens is 428 g/mol. The summed E-state index contributed by atoms with van der Waals surface area (Å²) < 4.78 is 21.2. The fourth-order valence-corrected chi connectivity index (χ4v) is 4.04. The summed E-state index contributed by atoms with van der Waals surface area (Å²) in [7, 11) is 0. The van der Waals surface area contributed by atoms with Crippen molar-refractivity contribution in [1.82, 2.24) is 24.6 Å². The first kappa shape index (κ1) is 19.2. The smallest absolute Gasteiger partial charge is 0.222 e. The average Bonchev–Trinajstić information content (AvgIpc) is 3.02. The Bertz CT molecular complexity index is 1230. The van der Waals surface area contributed by atoms with E-state index in [9.17, 15) is 4.39 Å². The van der Waals surface area contributed by atoms with Gasteiger partial charge < -0.3 is 4.74 Å². The number of fused-ring (bicyclic) bond motifs is 2. The van der Waals surface area contributed by atoms with Crippen LogP contribution < -0.4 is 4.74 Å². The molecule has 0 aliphatic carbocycles.